The molecule has 0 fully saturated rings. The number of aromatic hydroxyl groups is 1. The lowest BCUT2D eigenvalue weighted by molar-refractivity contribution is -0.119. The second-order valence-electron chi connectivity index (χ2n) is 6.73. The van der Waals surface area contributed by atoms with Crippen molar-refractivity contribution in [3.8, 4) is 11.4 Å². The van der Waals surface area contributed by atoms with Gasteiger partial charge in [0.15, 0.2) is 6.61 Å². The number of para-hydroxylation sites is 1. The van der Waals surface area contributed by atoms with Crippen LogP contribution in [0.15, 0.2) is 72.8 Å². The highest BCUT2D eigenvalue weighted by Gasteiger charge is 2.17. The number of hydrogen-bond acceptors (Lipinski definition) is 5. The smallest absolute Gasteiger partial charge is 0.342 e. The number of rotatable bonds is 5. The molecule has 3 aromatic carbocycles. The van der Waals surface area contributed by atoms with Crippen LogP contribution >= 0.6 is 0 Å². The summed E-state index contributed by atoms with van der Waals surface area (Å²) < 4.78 is 6.70. The third-order valence-corrected chi connectivity index (χ3v) is 4.55. The van der Waals surface area contributed by atoms with Crippen LogP contribution in [0.25, 0.3) is 16.5 Å². The van der Waals surface area contributed by atoms with Crippen molar-refractivity contribution in [3.63, 3.8) is 0 Å². The number of fused-ring (bicyclic) bond motifs is 1. The molecule has 7 heteroatoms. The van der Waals surface area contributed by atoms with Crippen molar-refractivity contribution in [3.05, 3.63) is 84.1 Å². The lowest BCUT2D eigenvalue weighted by Crippen LogP contribution is -2.22. The Hall–Kier alpha value is -4.13. The third kappa shape index (κ3) is 3.86. The van der Waals surface area contributed by atoms with Crippen LogP contribution in [0, 0.1) is 6.92 Å². The fraction of sp³-hybridized carbons (Fsp3) is 0.0870. The van der Waals surface area contributed by atoms with Gasteiger partial charge in [-0.3, -0.25) is 4.79 Å². The minimum atomic E-state index is -0.777. The number of aryl methyl sites for hydroxylation is 1. The molecule has 0 unspecified atom stereocenters. The molecule has 0 saturated carbocycles. The van der Waals surface area contributed by atoms with Crippen LogP contribution in [-0.4, -0.2) is 33.4 Å². The molecule has 7 nitrogen and oxygen atoms in total. The predicted molar refractivity (Wildman–Crippen MR) is 113 cm³/mol. The molecule has 1 heterocycles. The maximum Gasteiger partial charge on any atom is 0.342 e. The lowest BCUT2D eigenvalue weighted by atomic mass is 10.1. The SMILES string of the molecule is Cc1cc(NC(=O)COC(=O)c2ccc3ccccc3c2O)n(-c2ccccc2)n1. The first-order chi connectivity index (χ1) is 14.5. The molecule has 30 heavy (non-hydrogen) atoms. The summed E-state index contributed by atoms with van der Waals surface area (Å²) in [7, 11) is 0. The third-order valence-electron chi connectivity index (χ3n) is 4.55. The Kier molecular flexibility index (Phi) is 5.17. The second kappa shape index (κ2) is 8.08. The maximum absolute atomic E-state index is 12.4. The molecule has 2 N–H and O–H groups in total. The normalized spacial score (nSPS) is 10.7. The number of ether oxygens (including phenoxy) is 1. The number of esters is 1. The van der Waals surface area contributed by atoms with Gasteiger partial charge in [-0.2, -0.15) is 5.10 Å². The molecule has 1 aromatic heterocycles. The average molecular weight is 401 g/mol. The number of carbonyl (C=O) groups is 2. The number of nitrogens with one attached hydrogen (secondary N) is 1. The number of hydrogen-bond donors (Lipinski definition) is 2. The molecule has 150 valence electrons. The van der Waals surface area contributed by atoms with Crippen LogP contribution in [0.5, 0.6) is 5.75 Å². The maximum atomic E-state index is 12.4. The Morgan fingerprint density at radius 3 is 2.57 bits per heavy atom. The van der Waals surface area contributed by atoms with E-state index in [9.17, 15) is 14.7 Å². The van der Waals surface area contributed by atoms with Crippen LogP contribution in [0.3, 0.4) is 0 Å². The van der Waals surface area contributed by atoms with E-state index in [4.69, 9.17) is 4.74 Å². The van der Waals surface area contributed by atoms with Crippen molar-refractivity contribution in [1.29, 1.82) is 0 Å². The van der Waals surface area contributed by atoms with Crippen LogP contribution in [0.2, 0.25) is 0 Å². The van der Waals surface area contributed by atoms with Gasteiger partial charge in [-0.1, -0.05) is 48.5 Å². The Labute approximate surface area is 172 Å². The van der Waals surface area contributed by atoms with Crippen molar-refractivity contribution >= 4 is 28.5 Å². The summed E-state index contributed by atoms with van der Waals surface area (Å²) in [4.78, 5) is 24.7. The number of benzene rings is 3. The first-order valence-corrected chi connectivity index (χ1v) is 9.33. The Bertz CT molecular complexity index is 1230. The molecule has 4 rings (SSSR count). The quantitative estimate of drug-likeness (QED) is 0.496. The van der Waals surface area contributed by atoms with Crippen LogP contribution in [0.4, 0.5) is 5.82 Å². The van der Waals surface area contributed by atoms with E-state index in [0.717, 1.165) is 16.8 Å². The van der Waals surface area contributed by atoms with Crippen molar-refractivity contribution in [2.75, 3.05) is 11.9 Å². The summed E-state index contributed by atoms with van der Waals surface area (Å²) in [6, 6.07) is 21.4. The molecule has 4 aromatic rings. The minimum Gasteiger partial charge on any atom is -0.506 e. The van der Waals surface area contributed by atoms with E-state index < -0.39 is 18.5 Å². The summed E-state index contributed by atoms with van der Waals surface area (Å²) in [5, 5.41) is 18.8. The number of amides is 1. The Balaban J connectivity index is 1.45. The summed E-state index contributed by atoms with van der Waals surface area (Å²) >= 11 is 0. The highest BCUT2D eigenvalue weighted by Crippen LogP contribution is 2.29. The van der Waals surface area contributed by atoms with E-state index in [2.05, 4.69) is 10.4 Å². The summed E-state index contributed by atoms with van der Waals surface area (Å²) in [5.74, 6) is -0.994. The molecule has 0 aliphatic carbocycles. The number of carbonyl (C=O) groups excluding carboxylic acids is 2. The zero-order chi connectivity index (χ0) is 21.1. The van der Waals surface area contributed by atoms with E-state index >= 15 is 0 Å². The largest absolute Gasteiger partial charge is 0.506 e. The Morgan fingerprint density at radius 1 is 1.03 bits per heavy atom. The summed E-state index contributed by atoms with van der Waals surface area (Å²) in [6.45, 7) is 1.32. The summed E-state index contributed by atoms with van der Waals surface area (Å²) in [5.41, 5.74) is 1.53. The van der Waals surface area contributed by atoms with Crippen molar-refractivity contribution < 1.29 is 19.4 Å². The van der Waals surface area contributed by atoms with Crippen molar-refractivity contribution in [1.82, 2.24) is 9.78 Å². The van der Waals surface area contributed by atoms with Crippen LogP contribution in [0.1, 0.15) is 16.1 Å². The van der Waals surface area contributed by atoms with Gasteiger partial charge in [0, 0.05) is 11.5 Å². The Morgan fingerprint density at radius 2 is 1.77 bits per heavy atom. The molecule has 0 bridgehead atoms. The molecule has 1 amide bonds. The molecular weight excluding hydrogens is 382 g/mol. The topological polar surface area (TPSA) is 93.5 Å². The van der Waals surface area contributed by atoms with E-state index in [1.807, 2.05) is 49.4 Å². The van der Waals surface area contributed by atoms with Gasteiger partial charge in [-0.25, -0.2) is 9.48 Å². The van der Waals surface area contributed by atoms with E-state index in [-0.39, 0.29) is 11.3 Å². The molecular formula is C23H19N3O4. The lowest BCUT2D eigenvalue weighted by Gasteiger charge is -2.10. The van der Waals surface area contributed by atoms with Gasteiger partial charge in [0.25, 0.3) is 5.91 Å². The van der Waals surface area contributed by atoms with Gasteiger partial charge < -0.3 is 15.2 Å². The van der Waals surface area contributed by atoms with Gasteiger partial charge in [0.1, 0.15) is 17.1 Å². The molecule has 0 aliphatic heterocycles. The van der Waals surface area contributed by atoms with Crippen molar-refractivity contribution in [2.24, 2.45) is 0 Å². The predicted octanol–water partition coefficient (Wildman–Crippen LogP) is 3.84. The fourth-order valence-corrected chi connectivity index (χ4v) is 3.16. The number of aromatic nitrogens is 2. The minimum absolute atomic E-state index is 0.00618. The number of phenolic OH excluding ortho intramolecular Hbond substituents is 1. The molecule has 0 atom stereocenters. The van der Waals surface area contributed by atoms with Gasteiger partial charge in [-0.05, 0) is 30.5 Å². The average Bonchev–Trinajstić information content (AvgIpc) is 3.13. The number of anilines is 1. The first kappa shape index (κ1) is 19.2. The van der Waals surface area contributed by atoms with Gasteiger partial charge >= 0.3 is 5.97 Å². The summed E-state index contributed by atoms with van der Waals surface area (Å²) in [6.07, 6.45) is 0. The monoisotopic (exact) mass is 401 g/mol. The second-order valence-corrected chi connectivity index (χ2v) is 6.73. The molecule has 0 saturated heterocycles. The fourth-order valence-electron chi connectivity index (χ4n) is 3.16. The van der Waals surface area contributed by atoms with E-state index in [1.54, 1.807) is 28.9 Å². The van der Waals surface area contributed by atoms with Gasteiger partial charge in [0.2, 0.25) is 0 Å². The number of phenols is 1. The zero-order valence-corrected chi connectivity index (χ0v) is 16.2. The zero-order valence-electron chi connectivity index (χ0n) is 16.2. The molecule has 0 spiro atoms. The number of nitrogens with zero attached hydrogens (tertiary/aromatic N) is 2. The molecule has 0 aliphatic rings. The van der Waals surface area contributed by atoms with Gasteiger partial charge in [0.05, 0.1) is 11.4 Å². The molecule has 0 radical (unpaired) electrons. The highest BCUT2D eigenvalue weighted by molar-refractivity contribution is 6.02. The van der Waals surface area contributed by atoms with Crippen LogP contribution < -0.4 is 5.32 Å². The van der Waals surface area contributed by atoms with Gasteiger partial charge in [-0.15, -0.1) is 0 Å². The van der Waals surface area contributed by atoms with Crippen LogP contribution in [-0.2, 0) is 9.53 Å². The van der Waals surface area contributed by atoms with Crippen molar-refractivity contribution in [2.45, 2.75) is 6.92 Å². The van der Waals surface area contributed by atoms with E-state index in [0.29, 0.717) is 11.2 Å². The van der Waals surface area contributed by atoms with E-state index in [1.165, 1.54) is 6.07 Å². The first-order valence-electron chi connectivity index (χ1n) is 9.33. The standard InChI is InChI=1S/C23H19N3O4/c1-15-13-20(26(25-15)17-8-3-2-4-9-17)24-21(27)14-30-23(29)19-12-11-16-7-5-6-10-18(16)22(19)28/h2-13,28H,14H2,1H3,(H,24,27). The highest BCUT2D eigenvalue weighted by atomic mass is 16.5.